The van der Waals surface area contributed by atoms with Crippen LogP contribution in [0.2, 0.25) is 0 Å². The Bertz CT molecular complexity index is 896. The van der Waals surface area contributed by atoms with E-state index in [0.717, 1.165) is 53.2 Å². The van der Waals surface area contributed by atoms with Crippen LogP contribution in [0, 0.1) is 5.92 Å². The third-order valence-corrected chi connectivity index (χ3v) is 5.33. The van der Waals surface area contributed by atoms with Crippen LogP contribution in [0.25, 0.3) is 21.9 Å². The molecule has 0 N–H and O–H groups in total. The van der Waals surface area contributed by atoms with Crippen LogP contribution in [0.15, 0.2) is 46.9 Å². The largest absolute Gasteiger partial charge is 0.455 e. The summed E-state index contributed by atoms with van der Waals surface area (Å²) in [5.74, 6) is 0.287. The van der Waals surface area contributed by atoms with Crippen LogP contribution < -0.4 is 0 Å². The van der Waals surface area contributed by atoms with Crippen molar-refractivity contribution in [3.63, 3.8) is 0 Å². The third-order valence-electron chi connectivity index (χ3n) is 5.33. The highest BCUT2D eigenvalue weighted by Crippen LogP contribution is 2.39. The Morgan fingerprint density at radius 1 is 0.913 bits per heavy atom. The normalized spacial score (nSPS) is 26.9. The molecule has 2 bridgehead atoms. The van der Waals surface area contributed by atoms with Crippen molar-refractivity contribution < 1.29 is 13.9 Å². The van der Waals surface area contributed by atoms with Crippen LogP contribution in [0.3, 0.4) is 0 Å². The first-order valence-corrected chi connectivity index (χ1v) is 8.39. The summed E-state index contributed by atoms with van der Waals surface area (Å²) in [6.07, 6.45) is 4.46. The van der Waals surface area contributed by atoms with E-state index in [9.17, 15) is 4.79 Å². The van der Waals surface area contributed by atoms with Crippen LogP contribution in [0.1, 0.15) is 36.0 Å². The molecule has 3 aromatic rings. The number of Topliss-reactive ketones (excluding diaryl/α,β-unsaturated/α-hetero) is 1. The van der Waals surface area contributed by atoms with E-state index in [-0.39, 0.29) is 23.9 Å². The van der Waals surface area contributed by atoms with E-state index in [1.165, 1.54) is 0 Å². The lowest BCUT2D eigenvalue weighted by molar-refractivity contribution is -0.0148. The summed E-state index contributed by atoms with van der Waals surface area (Å²) in [4.78, 5) is 13.1. The summed E-state index contributed by atoms with van der Waals surface area (Å²) in [7, 11) is 0. The molecule has 2 unspecified atom stereocenters. The van der Waals surface area contributed by atoms with Crippen molar-refractivity contribution >= 4 is 27.7 Å². The van der Waals surface area contributed by atoms with Crippen LogP contribution in [-0.2, 0) is 4.74 Å². The molecular formula is C20H18O3. The summed E-state index contributed by atoms with van der Waals surface area (Å²) in [5, 5.41) is 2.10. The Labute approximate surface area is 134 Å². The van der Waals surface area contributed by atoms with Crippen LogP contribution in [-0.4, -0.2) is 18.0 Å². The van der Waals surface area contributed by atoms with Gasteiger partial charge in [0.15, 0.2) is 5.78 Å². The van der Waals surface area contributed by atoms with E-state index in [1.807, 2.05) is 42.5 Å². The molecule has 2 fully saturated rings. The average molecular weight is 306 g/mol. The minimum atomic E-state index is 0.0695. The number of ether oxygens (including phenoxy) is 1. The van der Waals surface area contributed by atoms with E-state index >= 15 is 0 Å². The molecule has 3 heteroatoms. The molecule has 0 radical (unpaired) electrons. The number of fused-ring (bicyclic) bond motifs is 5. The maximum atomic E-state index is 13.1. The fourth-order valence-electron chi connectivity index (χ4n) is 4.23. The lowest BCUT2D eigenvalue weighted by Gasteiger charge is -2.27. The summed E-state index contributed by atoms with van der Waals surface area (Å²) >= 11 is 0. The van der Waals surface area contributed by atoms with E-state index < -0.39 is 0 Å². The Balaban J connectivity index is 1.61. The first-order chi connectivity index (χ1) is 11.3. The number of carbonyl (C=O) groups is 1. The number of para-hydroxylation sites is 2. The number of hydrogen-bond donors (Lipinski definition) is 0. The van der Waals surface area contributed by atoms with Crippen LogP contribution in [0.5, 0.6) is 0 Å². The van der Waals surface area contributed by atoms with Crippen LogP contribution >= 0.6 is 0 Å². The topological polar surface area (TPSA) is 39.4 Å². The molecule has 0 aliphatic carbocycles. The highest BCUT2D eigenvalue weighted by molar-refractivity contribution is 6.14. The fourth-order valence-corrected chi connectivity index (χ4v) is 4.23. The smallest absolute Gasteiger partial charge is 0.169 e. The molecule has 2 aliphatic rings. The minimum absolute atomic E-state index is 0.0695. The number of hydrogen-bond acceptors (Lipinski definition) is 3. The summed E-state index contributed by atoms with van der Waals surface area (Å²) in [6, 6.07) is 13.9. The van der Waals surface area contributed by atoms with Crippen molar-refractivity contribution in [2.24, 2.45) is 5.92 Å². The third kappa shape index (κ3) is 2.03. The van der Waals surface area contributed by atoms with E-state index in [0.29, 0.717) is 0 Å². The lowest BCUT2D eigenvalue weighted by Crippen LogP contribution is -2.30. The molecule has 2 saturated heterocycles. The highest BCUT2D eigenvalue weighted by Gasteiger charge is 2.38. The van der Waals surface area contributed by atoms with Crippen LogP contribution in [0.4, 0.5) is 0 Å². The molecule has 3 heterocycles. The SMILES string of the molecule is O=C(c1cccc2c1oc1ccccc12)C1CC2CCC(C1)O2. The standard InChI is InChI=1S/C20H18O3/c21-19(12-10-13-8-9-14(11-12)22-13)17-6-3-5-16-15-4-1-2-7-18(15)23-20(16)17/h1-7,12-14H,8-11H2. The molecule has 0 saturated carbocycles. The monoisotopic (exact) mass is 306 g/mol. The van der Waals surface area contributed by atoms with Gasteiger partial charge in [0, 0.05) is 16.7 Å². The van der Waals surface area contributed by atoms with E-state index in [4.69, 9.17) is 9.15 Å². The number of rotatable bonds is 2. The molecule has 2 atom stereocenters. The van der Waals surface area contributed by atoms with Gasteiger partial charge in [-0.15, -0.1) is 0 Å². The first-order valence-electron chi connectivity index (χ1n) is 8.39. The van der Waals surface area contributed by atoms with Crippen molar-refractivity contribution in [1.29, 1.82) is 0 Å². The van der Waals surface area contributed by atoms with Gasteiger partial charge in [0.2, 0.25) is 0 Å². The van der Waals surface area contributed by atoms with Gasteiger partial charge in [-0.25, -0.2) is 0 Å². The van der Waals surface area contributed by atoms with Crippen molar-refractivity contribution in [3.8, 4) is 0 Å². The van der Waals surface area contributed by atoms with Gasteiger partial charge >= 0.3 is 0 Å². The molecule has 3 nitrogen and oxygen atoms in total. The van der Waals surface area contributed by atoms with Crippen molar-refractivity contribution in [1.82, 2.24) is 0 Å². The second kappa shape index (κ2) is 4.93. The Kier molecular flexibility index (Phi) is 2.86. The molecule has 2 aliphatic heterocycles. The maximum Gasteiger partial charge on any atom is 0.169 e. The first kappa shape index (κ1) is 13.3. The van der Waals surface area contributed by atoms with Gasteiger partial charge in [-0.05, 0) is 37.8 Å². The fraction of sp³-hybridized carbons (Fsp3) is 0.350. The molecule has 0 amide bonds. The number of furan rings is 1. The van der Waals surface area contributed by atoms with Gasteiger partial charge in [0.05, 0.1) is 17.8 Å². The van der Waals surface area contributed by atoms with Gasteiger partial charge in [0.25, 0.3) is 0 Å². The minimum Gasteiger partial charge on any atom is -0.455 e. The molecule has 1 aromatic heterocycles. The predicted molar refractivity (Wildman–Crippen MR) is 88.7 cm³/mol. The molecule has 116 valence electrons. The van der Waals surface area contributed by atoms with Gasteiger partial charge in [0.1, 0.15) is 11.2 Å². The predicted octanol–water partition coefficient (Wildman–Crippen LogP) is 4.73. The maximum absolute atomic E-state index is 13.1. The zero-order chi connectivity index (χ0) is 15.4. The van der Waals surface area contributed by atoms with E-state index in [2.05, 4.69) is 0 Å². The molecular weight excluding hydrogens is 288 g/mol. The van der Waals surface area contributed by atoms with Gasteiger partial charge in [-0.1, -0.05) is 30.3 Å². The molecule has 5 rings (SSSR count). The summed E-state index contributed by atoms with van der Waals surface area (Å²) in [6.45, 7) is 0. The Morgan fingerprint density at radius 3 is 2.48 bits per heavy atom. The van der Waals surface area contributed by atoms with Gasteiger partial charge < -0.3 is 9.15 Å². The van der Waals surface area contributed by atoms with Crippen molar-refractivity contribution in [2.75, 3.05) is 0 Å². The molecule has 23 heavy (non-hydrogen) atoms. The zero-order valence-corrected chi connectivity index (χ0v) is 12.8. The second-order valence-electron chi connectivity index (χ2n) is 6.77. The van der Waals surface area contributed by atoms with Gasteiger partial charge in [-0.3, -0.25) is 4.79 Å². The summed E-state index contributed by atoms with van der Waals surface area (Å²) in [5.41, 5.74) is 2.30. The zero-order valence-electron chi connectivity index (χ0n) is 12.8. The van der Waals surface area contributed by atoms with Crippen molar-refractivity contribution in [2.45, 2.75) is 37.9 Å². The number of benzene rings is 2. The highest BCUT2D eigenvalue weighted by atomic mass is 16.5. The average Bonchev–Trinajstić information content (AvgIpc) is 3.13. The Morgan fingerprint density at radius 2 is 1.65 bits per heavy atom. The molecule has 0 spiro atoms. The summed E-state index contributed by atoms with van der Waals surface area (Å²) < 4.78 is 11.9. The molecule has 2 aromatic carbocycles. The number of carbonyl (C=O) groups excluding carboxylic acids is 1. The Hall–Kier alpha value is -2.13. The van der Waals surface area contributed by atoms with Gasteiger partial charge in [-0.2, -0.15) is 0 Å². The number of ketones is 1. The lowest BCUT2D eigenvalue weighted by atomic mass is 9.87. The van der Waals surface area contributed by atoms with E-state index in [1.54, 1.807) is 0 Å². The second-order valence-corrected chi connectivity index (χ2v) is 6.77. The quantitative estimate of drug-likeness (QED) is 0.643. The van der Waals surface area contributed by atoms with Crippen molar-refractivity contribution in [3.05, 3.63) is 48.0 Å².